The molecule has 0 atom stereocenters. The van der Waals surface area contributed by atoms with Gasteiger partial charge in [-0.3, -0.25) is 4.79 Å². The van der Waals surface area contributed by atoms with Crippen LogP contribution in [0.3, 0.4) is 0 Å². The van der Waals surface area contributed by atoms with Gasteiger partial charge in [-0.15, -0.1) is 11.3 Å². The lowest BCUT2D eigenvalue weighted by Crippen LogP contribution is -2.23. The Morgan fingerprint density at radius 2 is 2.22 bits per heavy atom. The van der Waals surface area contributed by atoms with Crippen LogP contribution in [0.5, 0.6) is 5.75 Å². The molecule has 0 saturated carbocycles. The predicted octanol–water partition coefficient (Wildman–Crippen LogP) is 2.92. The van der Waals surface area contributed by atoms with E-state index in [1.807, 2.05) is 24.3 Å². The summed E-state index contributed by atoms with van der Waals surface area (Å²) >= 11 is 1.40. The van der Waals surface area contributed by atoms with Crippen molar-refractivity contribution >= 4 is 17.2 Å². The van der Waals surface area contributed by atoms with E-state index in [9.17, 15) is 4.79 Å². The topological polar surface area (TPSA) is 77.2 Å². The molecule has 0 unspecified atom stereocenters. The molecule has 3 N–H and O–H groups in total. The molecule has 0 aliphatic carbocycles. The summed E-state index contributed by atoms with van der Waals surface area (Å²) in [6.07, 6.45) is 1.17. The number of benzene rings is 1. The van der Waals surface area contributed by atoms with Crippen molar-refractivity contribution in [3.63, 3.8) is 0 Å². The third-order valence-corrected chi connectivity index (χ3v) is 4.18. The molecule has 5 nitrogen and oxygen atoms in total. The van der Waals surface area contributed by atoms with E-state index in [0.29, 0.717) is 18.2 Å². The minimum Gasteiger partial charge on any atom is -0.492 e. The Kier molecular flexibility index (Phi) is 6.55. The molecule has 0 bridgehead atoms. The van der Waals surface area contributed by atoms with Crippen molar-refractivity contribution in [2.24, 2.45) is 11.7 Å². The number of carbonyl (C=O) groups is 1. The highest BCUT2D eigenvalue weighted by atomic mass is 32.1. The van der Waals surface area contributed by atoms with Gasteiger partial charge < -0.3 is 15.8 Å². The normalized spacial score (nSPS) is 10.9. The van der Waals surface area contributed by atoms with Crippen molar-refractivity contribution in [2.45, 2.75) is 20.3 Å². The highest BCUT2D eigenvalue weighted by Gasteiger charge is 2.09. The predicted molar refractivity (Wildman–Crippen MR) is 93.9 cm³/mol. The number of aromatic nitrogens is 1. The Bertz CT molecular complexity index is 640. The van der Waals surface area contributed by atoms with Gasteiger partial charge in [-0.1, -0.05) is 26.0 Å². The number of nitrogens with two attached hydrogens (primary N) is 1. The van der Waals surface area contributed by atoms with Crippen LogP contribution >= 0.6 is 11.3 Å². The van der Waals surface area contributed by atoms with Crippen molar-refractivity contribution in [1.82, 2.24) is 10.3 Å². The van der Waals surface area contributed by atoms with Gasteiger partial charge in [0.2, 0.25) is 0 Å². The fourth-order valence-corrected chi connectivity index (χ4v) is 2.80. The molecule has 6 heteroatoms. The molecule has 0 fully saturated rings. The maximum Gasteiger partial charge on any atom is 0.268 e. The average Bonchev–Trinajstić information content (AvgIpc) is 3.01. The van der Waals surface area contributed by atoms with E-state index in [4.69, 9.17) is 10.5 Å². The molecule has 124 valence electrons. The van der Waals surface area contributed by atoms with E-state index in [0.717, 1.165) is 29.4 Å². The van der Waals surface area contributed by atoms with E-state index < -0.39 is 5.91 Å². The zero-order valence-electron chi connectivity index (χ0n) is 13.5. The third-order valence-electron chi connectivity index (χ3n) is 3.28. The van der Waals surface area contributed by atoms with Gasteiger partial charge in [0.1, 0.15) is 23.1 Å². The SMILES string of the molecule is CC(C)CCNCCOc1cccc(-c2nc(C(N)=O)cs2)c1. The molecule has 0 aliphatic heterocycles. The molecule has 0 saturated heterocycles. The van der Waals surface area contributed by atoms with Gasteiger partial charge in [-0.2, -0.15) is 0 Å². The van der Waals surface area contributed by atoms with Crippen LogP contribution in [0.25, 0.3) is 10.6 Å². The maximum absolute atomic E-state index is 11.1. The quantitative estimate of drug-likeness (QED) is 0.692. The Morgan fingerprint density at radius 3 is 2.91 bits per heavy atom. The number of amides is 1. The number of hydrogen-bond acceptors (Lipinski definition) is 5. The standard InChI is InChI=1S/C17H23N3O2S/c1-12(2)6-7-19-8-9-22-14-5-3-4-13(10-14)17-20-15(11-23-17)16(18)21/h3-5,10-12,19H,6-9H2,1-2H3,(H2,18,21). The van der Waals surface area contributed by atoms with Crippen LogP contribution in [-0.2, 0) is 0 Å². The van der Waals surface area contributed by atoms with Crippen LogP contribution in [0, 0.1) is 5.92 Å². The first kappa shape index (κ1) is 17.4. The molecule has 1 amide bonds. The molecular formula is C17H23N3O2S. The molecule has 23 heavy (non-hydrogen) atoms. The third kappa shape index (κ3) is 5.65. The van der Waals surface area contributed by atoms with Gasteiger partial charge in [0.15, 0.2) is 0 Å². The zero-order chi connectivity index (χ0) is 16.7. The molecule has 0 radical (unpaired) electrons. The second-order valence-corrected chi connectivity index (χ2v) is 6.57. The summed E-state index contributed by atoms with van der Waals surface area (Å²) in [7, 11) is 0. The molecule has 2 aromatic rings. The first-order valence-electron chi connectivity index (χ1n) is 7.75. The van der Waals surface area contributed by atoms with E-state index in [1.54, 1.807) is 5.38 Å². The first-order chi connectivity index (χ1) is 11.1. The number of carbonyl (C=O) groups excluding carboxylic acids is 1. The highest BCUT2D eigenvalue weighted by Crippen LogP contribution is 2.26. The van der Waals surface area contributed by atoms with Crippen LogP contribution in [0.1, 0.15) is 30.8 Å². The maximum atomic E-state index is 11.1. The summed E-state index contributed by atoms with van der Waals surface area (Å²) in [6.45, 7) is 6.87. The summed E-state index contributed by atoms with van der Waals surface area (Å²) in [5, 5.41) is 5.80. The summed E-state index contributed by atoms with van der Waals surface area (Å²) < 4.78 is 5.75. The van der Waals surface area contributed by atoms with Crippen LogP contribution in [0.4, 0.5) is 0 Å². The van der Waals surface area contributed by atoms with Crippen molar-refractivity contribution in [2.75, 3.05) is 19.7 Å². The van der Waals surface area contributed by atoms with E-state index in [1.165, 1.54) is 17.8 Å². The van der Waals surface area contributed by atoms with Gasteiger partial charge in [-0.05, 0) is 31.0 Å². The molecule has 1 heterocycles. The largest absolute Gasteiger partial charge is 0.492 e. The summed E-state index contributed by atoms with van der Waals surface area (Å²) in [5.74, 6) is 1.00. The van der Waals surface area contributed by atoms with Gasteiger partial charge >= 0.3 is 0 Å². The number of primary amides is 1. The Balaban J connectivity index is 1.86. The lowest BCUT2D eigenvalue weighted by Gasteiger charge is -2.09. The van der Waals surface area contributed by atoms with Crippen LogP contribution in [0.15, 0.2) is 29.6 Å². The summed E-state index contributed by atoms with van der Waals surface area (Å²) in [6, 6.07) is 7.71. The second-order valence-electron chi connectivity index (χ2n) is 5.71. The molecule has 0 aliphatic rings. The average molecular weight is 333 g/mol. The number of nitrogens with zero attached hydrogens (tertiary/aromatic N) is 1. The van der Waals surface area contributed by atoms with Crippen molar-refractivity contribution in [1.29, 1.82) is 0 Å². The Morgan fingerprint density at radius 1 is 1.39 bits per heavy atom. The Labute approximate surface area is 140 Å². The van der Waals surface area contributed by atoms with Crippen LogP contribution in [0.2, 0.25) is 0 Å². The minimum absolute atomic E-state index is 0.297. The van der Waals surface area contributed by atoms with Gasteiger partial charge in [0.05, 0.1) is 0 Å². The Hall–Kier alpha value is -1.92. The molecule has 0 spiro atoms. The summed E-state index contributed by atoms with van der Waals surface area (Å²) in [5.41, 5.74) is 6.45. The van der Waals surface area contributed by atoms with E-state index >= 15 is 0 Å². The van der Waals surface area contributed by atoms with E-state index in [-0.39, 0.29) is 0 Å². The molecule has 1 aromatic heterocycles. The molecule has 1 aromatic carbocycles. The number of thiazole rings is 1. The van der Waals surface area contributed by atoms with Crippen LogP contribution < -0.4 is 15.8 Å². The number of ether oxygens (including phenoxy) is 1. The zero-order valence-corrected chi connectivity index (χ0v) is 14.4. The van der Waals surface area contributed by atoms with Crippen molar-refractivity contribution in [3.8, 4) is 16.3 Å². The number of nitrogens with one attached hydrogen (secondary N) is 1. The van der Waals surface area contributed by atoms with Crippen molar-refractivity contribution in [3.05, 3.63) is 35.3 Å². The monoisotopic (exact) mass is 333 g/mol. The second kappa shape index (κ2) is 8.64. The fourth-order valence-electron chi connectivity index (χ4n) is 2.00. The summed E-state index contributed by atoms with van der Waals surface area (Å²) in [4.78, 5) is 15.4. The lowest BCUT2D eigenvalue weighted by atomic mass is 10.1. The molecular weight excluding hydrogens is 310 g/mol. The first-order valence-corrected chi connectivity index (χ1v) is 8.63. The fraction of sp³-hybridized carbons (Fsp3) is 0.412. The number of rotatable bonds is 9. The van der Waals surface area contributed by atoms with Crippen LogP contribution in [-0.4, -0.2) is 30.6 Å². The minimum atomic E-state index is -0.507. The van der Waals surface area contributed by atoms with Gasteiger partial charge in [0.25, 0.3) is 5.91 Å². The smallest absolute Gasteiger partial charge is 0.268 e. The van der Waals surface area contributed by atoms with Gasteiger partial charge in [-0.25, -0.2) is 4.98 Å². The van der Waals surface area contributed by atoms with Crippen molar-refractivity contribution < 1.29 is 9.53 Å². The highest BCUT2D eigenvalue weighted by molar-refractivity contribution is 7.13. The number of hydrogen-bond donors (Lipinski definition) is 2. The molecule has 2 rings (SSSR count). The lowest BCUT2D eigenvalue weighted by molar-refractivity contribution is 0.0996. The van der Waals surface area contributed by atoms with Gasteiger partial charge in [0, 0.05) is 17.5 Å². The van der Waals surface area contributed by atoms with E-state index in [2.05, 4.69) is 24.1 Å².